The Morgan fingerprint density at radius 3 is 3.00 bits per heavy atom. The summed E-state index contributed by atoms with van der Waals surface area (Å²) < 4.78 is 11.0. The Balaban J connectivity index is 1.75. The summed E-state index contributed by atoms with van der Waals surface area (Å²) in [7, 11) is 3.84. The van der Waals surface area contributed by atoms with E-state index in [2.05, 4.69) is 28.2 Å². The van der Waals surface area contributed by atoms with Crippen molar-refractivity contribution in [3.63, 3.8) is 0 Å². The number of nitrogens with one attached hydrogen (secondary N) is 1. The van der Waals surface area contributed by atoms with Crippen molar-refractivity contribution in [2.45, 2.75) is 19.0 Å². The molecule has 0 amide bonds. The molecule has 2 aliphatic rings. The van der Waals surface area contributed by atoms with E-state index in [1.54, 1.807) is 7.11 Å². The van der Waals surface area contributed by atoms with Crippen LogP contribution >= 0.6 is 11.6 Å². The number of ether oxygens (including phenoxy) is 1. The first-order valence-corrected chi connectivity index (χ1v) is 9.40. The molecule has 0 unspecified atom stereocenters. The highest BCUT2D eigenvalue weighted by molar-refractivity contribution is 6.37. The molecule has 0 radical (unpaired) electrons. The van der Waals surface area contributed by atoms with Crippen molar-refractivity contribution in [3.8, 4) is 0 Å². The molecule has 140 valence electrons. The lowest BCUT2D eigenvalue weighted by atomic mass is 9.98. The minimum absolute atomic E-state index is 0.283. The van der Waals surface area contributed by atoms with Gasteiger partial charge in [0.1, 0.15) is 5.02 Å². The van der Waals surface area contributed by atoms with Gasteiger partial charge in [0.2, 0.25) is 0 Å². The molecule has 1 saturated heterocycles. The van der Waals surface area contributed by atoms with E-state index >= 15 is 0 Å². The Labute approximate surface area is 157 Å². The van der Waals surface area contributed by atoms with Crippen molar-refractivity contribution in [2.24, 2.45) is 0 Å². The standard InChI is InChI=1S/C19H24ClN3O3/c1-22-7-8-23(10-12(22)11-25-2)16-4-3-14-13-5-6-21-9-15(13)19(24)26-18(14)17(16)20/h3-4,12,21H,5-11H2,1-2H3/t12-/m1/s1. The van der Waals surface area contributed by atoms with Crippen LogP contribution in [0.15, 0.2) is 21.3 Å². The molecular weight excluding hydrogens is 354 g/mol. The Hall–Kier alpha value is -1.60. The van der Waals surface area contributed by atoms with Gasteiger partial charge in [0, 0.05) is 38.7 Å². The minimum Gasteiger partial charge on any atom is -0.421 e. The molecule has 1 N–H and O–H groups in total. The fraction of sp³-hybridized carbons (Fsp3) is 0.526. The van der Waals surface area contributed by atoms with Crippen LogP contribution in [0.3, 0.4) is 0 Å². The summed E-state index contributed by atoms with van der Waals surface area (Å²) in [6, 6.07) is 4.41. The first-order chi connectivity index (χ1) is 12.6. The molecule has 7 heteroatoms. The predicted octanol–water partition coefficient (Wildman–Crippen LogP) is 1.86. The second-order valence-corrected chi connectivity index (χ2v) is 7.46. The summed E-state index contributed by atoms with van der Waals surface area (Å²) in [5.74, 6) is 0. The molecule has 0 saturated carbocycles. The predicted molar refractivity (Wildman–Crippen MR) is 103 cm³/mol. The molecule has 4 rings (SSSR count). The van der Waals surface area contributed by atoms with Crippen LogP contribution in [0.2, 0.25) is 5.02 Å². The lowest BCUT2D eigenvalue weighted by Gasteiger charge is -2.40. The molecule has 1 aromatic heterocycles. The molecule has 1 aromatic carbocycles. The van der Waals surface area contributed by atoms with E-state index in [-0.39, 0.29) is 5.63 Å². The molecular formula is C19H24ClN3O3. The molecule has 0 aliphatic carbocycles. The highest BCUT2D eigenvalue weighted by atomic mass is 35.5. The first-order valence-electron chi connectivity index (χ1n) is 9.02. The van der Waals surface area contributed by atoms with Crippen molar-refractivity contribution in [3.05, 3.63) is 38.7 Å². The summed E-state index contributed by atoms with van der Waals surface area (Å²) >= 11 is 6.72. The number of fused-ring (bicyclic) bond motifs is 3. The van der Waals surface area contributed by atoms with Gasteiger partial charge in [0.05, 0.1) is 23.9 Å². The van der Waals surface area contributed by atoms with Gasteiger partial charge < -0.3 is 19.4 Å². The zero-order valence-electron chi connectivity index (χ0n) is 15.2. The highest BCUT2D eigenvalue weighted by Gasteiger charge is 2.27. The second-order valence-electron chi connectivity index (χ2n) is 7.08. The lowest BCUT2D eigenvalue weighted by molar-refractivity contribution is 0.0987. The second kappa shape index (κ2) is 7.19. The zero-order chi connectivity index (χ0) is 18.3. The minimum atomic E-state index is -0.283. The van der Waals surface area contributed by atoms with Crippen molar-refractivity contribution in [1.29, 1.82) is 0 Å². The molecule has 2 aromatic rings. The molecule has 1 fully saturated rings. The molecule has 2 aliphatic heterocycles. The monoisotopic (exact) mass is 377 g/mol. The third-order valence-corrected chi connectivity index (χ3v) is 5.90. The number of likely N-dealkylation sites (N-methyl/N-ethyl adjacent to an activating group) is 1. The number of piperazine rings is 1. The average molecular weight is 378 g/mol. The Morgan fingerprint density at radius 1 is 1.35 bits per heavy atom. The van der Waals surface area contributed by atoms with Crippen LogP contribution in [-0.4, -0.2) is 57.9 Å². The lowest BCUT2D eigenvalue weighted by Crippen LogP contribution is -2.53. The normalized spacial score (nSPS) is 21.2. The average Bonchev–Trinajstić information content (AvgIpc) is 2.65. The van der Waals surface area contributed by atoms with Crippen LogP contribution in [-0.2, 0) is 17.7 Å². The Kier molecular flexibility index (Phi) is 4.92. The van der Waals surface area contributed by atoms with Crippen molar-refractivity contribution < 1.29 is 9.15 Å². The molecule has 3 heterocycles. The fourth-order valence-corrected chi connectivity index (χ4v) is 4.32. The van der Waals surface area contributed by atoms with Crippen LogP contribution in [0.4, 0.5) is 5.69 Å². The van der Waals surface area contributed by atoms with E-state index in [0.29, 0.717) is 29.8 Å². The molecule has 1 atom stereocenters. The van der Waals surface area contributed by atoms with Crippen LogP contribution < -0.4 is 15.8 Å². The number of rotatable bonds is 3. The van der Waals surface area contributed by atoms with Gasteiger partial charge in [-0.2, -0.15) is 0 Å². The van der Waals surface area contributed by atoms with Crippen LogP contribution in [0.25, 0.3) is 11.0 Å². The maximum atomic E-state index is 12.4. The third-order valence-electron chi connectivity index (χ3n) is 5.54. The largest absolute Gasteiger partial charge is 0.421 e. The van der Waals surface area contributed by atoms with Gasteiger partial charge in [0.25, 0.3) is 0 Å². The summed E-state index contributed by atoms with van der Waals surface area (Å²) in [6.45, 7) is 4.73. The van der Waals surface area contributed by atoms with Gasteiger partial charge in [0.15, 0.2) is 5.58 Å². The number of benzene rings is 1. The third kappa shape index (κ3) is 3.01. The van der Waals surface area contributed by atoms with Gasteiger partial charge in [-0.3, -0.25) is 4.90 Å². The summed E-state index contributed by atoms with van der Waals surface area (Å²) in [6.07, 6.45) is 0.817. The SMILES string of the molecule is COC[C@H]1CN(c2ccc3c4c(c(=O)oc3c2Cl)CNCC4)CCN1C. The quantitative estimate of drug-likeness (QED) is 0.824. The van der Waals surface area contributed by atoms with Gasteiger partial charge in [-0.15, -0.1) is 0 Å². The van der Waals surface area contributed by atoms with Crippen molar-refractivity contribution >= 4 is 28.3 Å². The summed E-state index contributed by atoms with van der Waals surface area (Å²) in [5, 5.41) is 4.71. The topological polar surface area (TPSA) is 58.0 Å². The fourth-order valence-electron chi connectivity index (χ4n) is 4.00. The van der Waals surface area contributed by atoms with E-state index in [0.717, 1.165) is 54.8 Å². The molecule has 26 heavy (non-hydrogen) atoms. The number of nitrogens with zero attached hydrogens (tertiary/aromatic N) is 2. The van der Waals surface area contributed by atoms with Gasteiger partial charge in [-0.1, -0.05) is 11.6 Å². The van der Waals surface area contributed by atoms with Crippen molar-refractivity contribution in [1.82, 2.24) is 10.2 Å². The van der Waals surface area contributed by atoms with Crippen molar-refractivity contribution in [2.75, 3.05) is 51.8 Å². The molecule has 0 spiro atoms. The number of halogens is 1. The smallest absolute Gasteiger partial charge is 0.341 e. The Morgan fingerprint density at radius 2 is 2.19 bits per heavy atom. The summed E-state index contributed by atoms with van der Waals surface area (Å²) in [4.78, 5) is 17.0. The number of hydrogen-bond acceptors (Lipinski definition) is 6. The summed E-state index contributed by atoms with van der Waals surface area (Å²) in [5.41, 5.74) is 2.95. The van der Waals surface area contributed by atoms with Gasteiger partial charge >= 0.3 is 5.63 Å². The maximum absolute atomic E-state index is 12.4. The maximum Gasteiger partial charge on any atom is 0.341 e. The number of anilines is 1. The van der Waals surface area contributed by atoms with Gasteiger partial charge in [-0.25, -0.2) is 4.79 Å². The Bertz CT molecular complexity index is 882. The van der Waals surface area contributed by atoms with E-state index in [4.69, 9.17) is 20.8 Å². The zero-order valence-corrected chi connectivity index (χ0v) is 15.9. The number of methoxy groups -OCH3 is 1. The van der Waals surface area contributed by atoms with Gasteiger partial charge in [-0.05, 0) is 37.7 Å². The molecule has 0 bridgehead atoms. The van der Waals surface area contributed by atoms with E-state index in [1.165, 1.54) is 0 Å². The highest BCUT2D eigenvalue weighted by Crippen LogP contribution is 2.36. The van der Waals surface area contributed by atoms with E-state index in [9.17, 15) is 4.79 Å². The molecule has 6 nitrogen and oxygen atoms in total. The van der Waals surface area contributed by atoms with E-state index in [1.807, 2.05) is 6.07 Å². The van der Waals surface area contributed by atoms with E-state index < -0.39 is 0 Å². The first kappa shape index (κ1) is 17.8. The van der Waals surface area contributed by atoms with Crippen LogP contribution in [0, 0.1) is 0 Å². The van der Waals surface area contributed by atoms with Crippen LogP contribution in [0.1, 0.15) is 11.1 Å². The number of hydrogen-bond donors (Lipinski definition) is 1. The van der Waals surface area contributed by atoms with Crippen LogP contribution in [0.5, 0.6) is 0 Å².